The van der Waals surface area contributed by atoms with Crippen LogP contribution in [0.1, 0.15) is 16.1 Å². The molecule has 1 aliphatic heterocycles. The largest absolute Gasteiger partial charge is 0.507 e. The van der Waals surface area contributed by atoms with Crippen LogP contribution in [-0.2, 0) is 4.79 Å². The van der Waals surface area contributed by atoms with Gasteiger partial charge in [-0.25, -0.2) is 9.78 Å². The number of hydrogen-bond donors (Lipinski definition) is 3. The molecule has 0 spiro atoms. The van der Waals surface area contributed by atoms with Gasteiger partial charge in [-0.15, -0.1) is 0 Å². The van der Waals surface area contributed by atoms with E-state index < -0.39 is 11.7 Å². The summed E-state index contributed by atoms with van der Waals surface area (Å²) >= 11 is 6.48. The second-order valence-electron chi connectivity index (χ2n) is 7.25. The van der Waals surface area contributed by atoms with E-state index in [0.717, 1.165) is 33.9 Å². The monoisotopic (exact) mass is 473 g/mol. The van der Waals surface area contributed by atoms with Crippen LogP contribution in [-0.4, -0.2) is 36.4 Å². The predicted molar refractivity (Wildman–Crippen MR) is 132 cm³/mol. The Morgan fingerprint density at radius 1 is 1.12 bits per heavy atom. The molecule has 2 aromatic heterocycles. The number of carboxylic acids is 1. The molecule has 162 valence electrons. The van der Waals surface area contributed by atoms with Crippen molar-refractivity contribution in [1.82, 2.24) is 9.97 Å². The molecule has 0 radical (unpaired) electrons. The molecule has 0 aliphatic carbocycles. The Morgan fingerprint density at radius 2 is 1.97 bits per heavy atom. The first-order chi connectivity index (χ1) is 15.9. The lowest BCUT2D eigenvalue weighted by molar-refractivity contribution is -0.113. The van der Waals surface area contributed by atoms with E-state index in [1.165, 1.54) is 23.1 Å². The number of carboxylic acid groups (broad SMARTS) is 1. The molecule has 7 nitrogen and oxygen atoms in total. The number of amides is 1. The molecule has 1 fully saturated rings. The number of aromatic amines is 1. The SMILES string of the molecule is O=C(O)c1ccc(N2C(=O)C(=Cc3cccc(-c4ccc5[nH]ccc5c4)n3)SC2=S)cc1O. The topological polar surface area (TPSA) is 107 Å². The van der Waals surface area contributed by atoms with Gasteiger partial charge in [-0.2, -0.15) is 0 Å². The molecule has 33 heavy (non-hydrogen) atoms. The number of rotatable bonds is 4. The summed E-state index contributed by atoms with van der Waals surface area (Å²) in [7, 11) is 0. The average Bonchev–Trinajstić information content (AvgIpc) is 3.37. The van der Waals surface area contributed by atoms with E-state index in [2.05, 4.69) is 9.97 Å². The lowest BCUT2D eigenvalue weighted by atomic mass is 10.1. The number of thioether (sulfide) groups is 1. The van der Waals surface area contributed by atoms with Gasteiger partial charge in [0.15, 0.2) is 4.32 Å². The number of nitrogens with one attached hydrogen (secondary N) is 1. The van der Waals surface area contributed by atoms with Gasteiger partial charge in [0.2, 0.25) is 0 Å². The fourth-order valence-electron chi connectivity index (χ4n) is 3.57. The second kappa shape index (κ2) is 8.19. The number of benzene rings is 2. The summed E-state index contributed by atoms with van der Waals surface area (Å²) in [5.41, 5.74) is 3.42. The molecule has 0 unspecified atom stereocenters. The zero-order valence-electron chi connectivity index (χ0n) is 16.9. The Labute approximate surface area is 197 Å². The highest BCUT2D eigenvalue weighted by molar-refractivity contribution is 8.27. The van der Waals surface area contributed by atoms with Gasteiger partial charge in [-0.1, -0.05) is 36.1 Å². The Hall–Kier alpha value is -3.95. The second-order valence-corrected chi connectivity index (χ2v) is 8.93. The van der Waals surface area contributed by atoms with E-state index in [4.69, 9.17) is 17.3 Å². The van der Waals surface area contributed by atoms with E-state index in [1.54, 1.807) is 12.1 Å². The molecule has 5 rings (SSSR count). The number of H-pyrrole nitrogens is 1. The molecule has 3 N–H and O–H groups in total. The van der Waals surface area contributed by atoms with Crippen molar-refractivity contribution in [2.45, 2.75) is 0 Å². The van der Waals surface area contributed by atoms with Crippen molar-refractivity contribution in [2.75, 3.05) is 4.90 Å². The maximum absolute atomic E-state index is 13.0. The van der Waals surface area contributed by atoms with Crippen molar-refractivity contribution in [1.29, 1.82) is 0 Å². The lowest BCUT2D eigenvalue weighted by Crippen LogP contribution is -2.27. The van der Waals surface area contributed by atoms with Gasteiger partial charge in [0.05, 0.1) is 22.0 Å². The summed E-state index contributed by atoms with van der Waals surface area (Å²) in [4.78, 5) is 33.7. The van der Waals surface area contributed by atoms with Crippen LogP contribution in [0.15, 0.2) is 71.8 Å². The quantitative estimate of drug-likeness (QED) is 0.282. The normalized spacial score (nSPS) is 15.0. The molecule has 1 amide bonds. The van der Waals surface area contributed by atoms with Gasteiger partial charge < -0.3 is 15.2 Å². The van der Waals surface area contributed by atoms with Crippen molar-refractivity contribution in [3.63, 3.8) is 0 Å². The minimum Gasteiger partial charge on any atom is -0.507 e. The number of carbonyl (C=O) groups excluding carboxylic acids is 1. The fraction of sp³-hybridized carbons (Fsp3) is 0. The first-order valence-corrected chi connectivity index (χ1v) is 11.0. The number of thiocarbonyl (C=S) groups is 1. The molecule has 0 saturated carbocycles. The lowest BCUT2D eigenvalue weighted by Gasteiger charge is -2.15. The van der Waals surface area contributed by atoms with Gasteiger partial charge in [-0.3, -0.25) is 9.69 Å². The van der Waals surface area contributed by atoms with Crippen LogP contribution in [0.25, 0.3) is 28.2 Å². The number of phenols is 1. The van der Waals surface area contributed by atoms with Gasteiger partial charge in [-0.05, 0) is 48.5 Å². The molecular formula is C24H15N3O4S2. The maximum atomic E-state index is 13.0. The van der Waals surface area contributed by atoms with Crippen molar-refractivity contribution in [3.8, 4) is 17.0 Å². The van der Waals surface area contributed by atoms with Gasteiger partial charge >= 0.3 is 5.97 Å². The summed E-state index contributed by atoms with van der Waals surface area (Å²) in [6, 6.07) is 17.5. The molecule has 4 aromatic rings. The number of carbonyl (C=O) groups is 2. The molecule has 9 heteroatoms. The van der Waals surface area contributed by atoms with Crippen LogP contribution in [0.4, 0.5) is 5.69 Å². The number of aromatic carboxylic acids is 1. The molecule has 1 aliphatic rings. The number of pyridine rings is 1. The highest BCUT2D eigenvalue weighted by atomic mass is 32.2. The maximum Gasteiger partial charge on any atom is 0.339 e. The summed E-state index contributed by atoms with van der Waals surface area (Å²) in [5, 5.41) is 20.2. The zero-order chi connectivity index (χ0) is 23.1. The first-order valence-electron chi connectivity index (χ1n) is 9.79. The van der Waals surface area contributed by atoms with Crippen LogP contribution in [0, 0.1) is 0 Å². The zero-order valence-corrected chi connectivity index (χ0v) is 18.5. The van der Waals surface area contributed by atoms with Crippen molar-refractivity contribution in [2.24, 2.45) is 0 Å². The number of nitrogens with zero attached hydrogens (tertiary/aromatic N) is 2. The van der Waals surface area contributed by atoms with E-state index in [1.807, 2.05) is 42.6 Å². The van der Waals surface area contributed by atoms with E-state index >= 15 is 0 Å². The third-order valence-electron chi connectivity index (χ3n) is 5.16. The Bertz CT molecular complexity index is 1490. The minimum atomic E-state index is -1.26. The van der Waals surface area contributed by atoms with Crippen LogP contribution < -0.4 is 4.90 Å². The molecule has 3 heterocycles. The first kappa shape index (κ1) is 20.9. The van der Waals surface area contributed by atoms with Gasteiger partial charge in [0.1, 0.15) is 11.3 Å². The van der Waals surface area contributed by atoms with Crippen LogP contribution in [0.3, 0.4) is 0 Å². The minimum absolute atomic E-state index is 0.251. The average molecular weight is 474 g/mol. The predicted octanol–water partition coefficient (Wildman–Crippen LogP) is 5.04. The Morgan fingerprint density at radius 3 is 2.76 bits per heavy atom. The number of fused-ring (bicyclic) bond motifs is 1. The molecule has 0 bridgehead atoms. The Kier molecular flexibility index (Phi) is 5.20. The third-order valence-corrected chi connectivity index (χ3v) is 6.46. The summed E-state index contributed by atoms with van der Waals surface area (Å²) in [6.07, 6.45) is 3.55. The molecule has 2 aromatic carbocycles. The molecular weight excluding hydrogens is 458 g/mol. The number of aromatic nitrogens is 2. The smallest absolute Gasteiger partial charge is 0.339 e. The Balaban J connectivity index is 1.45. The van der Waals surface area contributed by atoms with E-state index in [9.17, 15) is 14.7 Å². The van der Waals surface area contributed by atoms with Gasteiger partial charge in [0.25, 0.3) is 5.91 Å². The van der Waals surface area contributed by atoms with Crippen LogP contribution in [0.2, 0.25) is 0 Å². The number of anilines is 1. The summed E-state index contributed by atoms with van der Waals surface area (Å²) in [5.74, 6) is -2.06. The van der Waals surface area contributed by atoms with Crippen molar-refractivity contribution >= 4 is 62.8 Å². The van der Waals surface area contributed by atoms with E-state index in [0.29, 0.717) is 16.3 Å². The fourth-order valence-corrected chi connectivity index (χ4v) is 4.85. The number of hydrogen-bond acceptors (Lipinski definition) is 6. The summed E-state index contributed by atoms with van der Waals surface area (Å²) in [6.45, 7) is 0. The van der Waals surface area contributed by atoms with Crippen molar-refractivity contribution in [3.05, 3.63) is 83.0 Å². The highest BCUT2D eigenvalue weighted by Crippen LogP contribution is 2.37. The third kappa shape index (κ3) is 3.88. The van der Waals surface area contributed by atoms with Crippen LogP contribution in [0.5, 0.6) is 5.75 Å². The van der Waals surface area contributed by atoms with Crippen molar-refractivity contribution < 1.29 is 19.8 Å². The van der Waals surface area contributed by atoms with E-state index in [-0.39, 0.29) is 15.8 Å². The molecule has 0 atom stereocenters. The van der Waals surface area contributed by atoms with Crippen LogP contribution >= 0.6 is 24.0 Å². The standard InChI is InChI=1S/C24H15N3O4S2/c28-20-12-16(5-6-17(20)23(30)31)27-22(29)21(33-24(27)32)11-15-2-1-3-19(26-15)13-4-7-18-14(10-13)8-9-25-18/h1-12,25,28H,(H,30,31). The molecule has 1 saturated heterocycles. The van der Waals surface area contributed by atoms with Gasteiger partial charge in [0, 0.05) is 28.7 Å². The summed E-state index contributed by atoms with van der Waals surface area (Å²) < 4.78 is 0.280. The highest BCUT2D eigenvalue weighted by Gasteiger charge is 2.34. The number of aromatic hydroxyl groups is 1.